The third-order valence-corrected chi connectivity index (χ3v) is 4.06. The number of nitrogens with zero attached hydrogens (tertiary/aromatic N) is 2. The van der Waals surface area contributed by atoms with Crippen LogP contribution in [0.1, 0.15) is 30.9 Å². The summed E-state index contributed by atoms with van der Waals surface area (Å²) >= 11 is 6.19. The molecule has 1 amide bonds. The highest BCUT2D eigenvalue weighted by molar-refractivity contribution is 6.31. The predicted octanol–water partition coefficient (Wildman–Crippen LogP) is 3.71. The van der Waals surface area contributed by atoms with Crippen LogP contribution < -0.4 is 5.32 Å². The van der Waals surface area contributed by atoms with Gasteiger partial charge in [-0.3, -0.25) is 14.6 Å². The van der Waals surface area contributed by atoms with Gasteiger partial charge in [-0.15, -0.1) is 0 Å². The SMILES string of the molecule is CC(=O)CC(=O)N/C1=N/c2ccc(Cl)cc2/C(c2ccccc2)=N\CC1. The van der Waals surface area contributed by atoms with Gasteiger partial charge in [-0.05, 0) is 25.1 Å². The number of benzene rings is 2. The van der Waals surface area contributed by atoms with Crippen LogP contribution >= 0.6 is 11.6 Å². The van der Waals surface area contributed by atoms with Gasteiger partial charge in [-0.2, -0.15) is 0 Å². The van der Waals surface area contributed by atoms with E-state index in [0.29, 0.717) is 29.5 Å². The third kappa shape index (κ3) is 4.43. The van der Waals surface area contributed by atoms with Gasteiger partial charge in [-0.1, -0.05) is 41.9 Å². The van der Waals surface area contributed by atoms with Crippen LogP contribution in [0, 0.1) is 0 Å². The first-order chi connectivity index (χ1) is 12.5. The maximum Gasteiger partial charge on any atom is 0.232 e. The normalized spacial score (nSPS) is 17.6. The van der Waals surface area contributed by atoms with Crippen LogP contribution in [-0.4, -0.2) is 29.8 Å². The van der Waals surface area contributed by atoms with Gasteiger partial charge in [0, 0.05) is 29.1 Å². The number of hydrogen-bond donors (Lipinski definition) is 1. The molecule has 0 fully saturated rings. The molecule has 6 heteroatoms. The summed E-state index contributed by atoms with van der Waals surface area (Å²) in [5.41, 5.74) is 3.28. The summed E-state index contributed by atoms with van der Waals surface area (Å²) < 4.78 is 0. The first kappa shape index (κ1) is 18.0. The van der Waals surface area contributed by atoms with E-state index in [4.69, 9.17) is 16.6 Å². The van der Waals surface area contributed by atoms with Gasteiger partial charge in [0.25, 0.3) is 0 Å². The fraction of sp³-hybridized carbons (Fsp3) is 0.200. The Morgan fingerprint density at radius 2 is 1.92 bits per heavy atom. The number of amides is 1. The van der Waals surface area contributed by atoms with Crippen molar-refractivity contribution in [3.63, 3.8) is 0 Å². The molecule has 1 aliphatic heterocycles. The molecule has 0 unspecified atom stereocenters. The second-order valence-electron chi connectivity index (χ2n) is 5.99. The molecule has 1 heterocycles. The van der Waals surface area contributed by atoms with Crippen molar-refractivity contribution in [3.05, 3.63) is 64.7 Å². The Hall–Kier alpha value is -2.79. The van der Waals surface area contributed by atoms with E-state index in [2.05, 4.69) is 10.3 Å². The molecular weight excluding hydrogens is 350 g/mol. The molecule has 0 aliphatic carbocycles. The molecular formula is C20H18ClN3O2. The van der Waals surface area contributed by atoms with E-state index in [-0.39, 0.29) is 18.1 Å². The Morgan fingerprint density at radius 3 is 2.65 bits per heavy atom. The van der Waals surface area contributed by atoms with Crippen LogP contribution in [0.2, 0.25) is 5.02 Å². The lowest BCUT2D eigenvalue weighted by atomic mass is 10.00. The molecule has 26 heavy (non-hydrogen) atoms. The highest BCUT2D eigenvalue weighted by Gasteiger charge is 2.17. The van der Waals surface area contributed by atoms with Crippen LogP contribution in [0.4, 0.5) is 5.69 Å². The molecule has 1 N–H and O–H groups in total. The minimum absolute atomic E-state index is 0.162. The molecule has 132 valence electrons. The Bertz CT molecular complexity index is 905. The number of carbonyl (C=O) groups is 2. The lowest BCUT2D eigenvalue weighted by Crippen LogP contribution is -2.32. The van der Waals surface area contributed by atoms with Crippen molar-refractivity contribution in [2.24, 2.45) is 9.98 Å². The summed E-state index contributed by atoms with van der Waals surface area (Å²) in [5.74, 6) is -0.0548. The molecule has 0 radical (unpaired) electrons. The smallest absolute Gasteiger partial charge is 0.232 e. The lowest BCUT2D eigenvalue weighted by molar-refractivity contribution is -0.126. The van der Waals surface area contributed by atoms with E-state index in [1.807, 2.05) is 36.4 Å². The van der Waals surface area contributed by atoms with Crippen molar-refractivity contribution in [1.29, 1.82) is 0 Å². The maximum atomic E-state index is 11.9. The van der Waals surface area contributed by atoms with Crippen molar-refractivity contribution >= 4 is 40.5 Å². The first-order valence-electron chi connectivity index (χ1n) is 8.29. The summed E-state index contributed by atoms with van der Waals surface area (Å²) in [6.45, 7) is 1.85. The third-order valence-electron chi connectivity index (χ3n) is 3.83. The molecule has 0 saturated carbocycles. The van der Waals surface area contributed by atoms with E-state index in [1.165, 1.54) is 6.92 Å². The van der Waals surface area contributed by atoms with Crippen molar-refractivity contribution in [2.75, 3.05) is 6.54 Å². The maximum absolute atomic E-state index is 11.9. The zero-order valence-electron chi connectivity index (χ0n) is 14.3. The Balaban J connectivity index is 1.99. The van der Waals surface area contributed by atoms with E-state index in [0.717, 1.165) is 16.8 Å². The van der Waals surface area contributed by atoms with Crippen molar-refractivity contribution in [3.8, 4) is 0 Å². The number of ketones is 1. The largest absolute Gasteiger partial charge is 0.314 e. The van der Waals surface area contributed by atoms with E-state index < -0.39 is 0 Å². The number of amidine groups is 1. The van der Waals surface area contributed by atoms with Crippen molar-refractivity contribution in [2.45, 2.75) is 19.8 Å². The minimum Gasteiger partial charge on any atom is -0.314 e. The minimum atomic E-state index is -0.361. The zero-order valence-corrected chi connectivity index (χ0v) is 15.1. The Kier molecular flexibility index (Phi) is 5.58. The number of carbonyl (C=O) groups excluding carboxylic acids is 2. The van der Waals surface area contributed by atoms with Gasteiger partial charge in [0.05, 0.1) is 17.8 Å². The second kappa shape index (κ2) is 8.06. The van der Waals surface area contributed by atoms with Crippen LogP contribution in [0.5, 0.6) is 0 Å². The quantitative estimate of drug-likeness (QED) is 0.840. The predicted molar refractivity (Wildman–Crippen MR) is 104 cm³/mol. The van der Waals surface area contributed by atoms with Crippen LogP contribution in [-0.2, 0) is 9.59 Å². The average Bonchev–Trinajstić information content (AvgIpc) is 2.58. The summed E-state index contributed by atoms with van der Waals surface area (Å²) in [6.07, 6.45) is 0.313. The zero-order chi connectivity index (χ0) is 18.5. The van der Waals surface area contributed by atoms with Crippen LogP contribution in [0.25, 0.3) is 0 Å². The van der Waals surface area contributed by atoms with Gasteiger partial charge in [-0.25, -0.2) is 4.99 Å². The van der Waals surface area contributed by atoms with E-state index >= 15 is 0 Å². The standard InChI is InChI=1S/C20H18ClN3O2/c1-13(25)11-19(26)24-18-9-10-22-20(14-5-3-2-4-6-14)16-12-15(21)7-8-17(16)23-18/h2-8,12H,9-11H2,1H3,(H,23,24,26)/b22-20-. The molecule has 0 saturated heterocycles. The van der Waals surface area contributed by atoms with Gasteiger partial charge < -0.3 is 5.32 Å². The number of nitrogens with one attached hydrogen (secondary N) is 1. The van der Waals surface area contributed by atoms with Crippen molar-refractivity contribution in [1.82, 2.24) is 5.32 Å². The van der Waals surface area contributed by atoms with Crippen molar-refractivity contribution < 1.29 is 9.59 Å². The molecule has 0 bridgehead atoms. The second-order valence-corrected chi connectivity index (χ2v) is 6.43. The van der Waals surface area contributed by atoms with Gasteiger partial charge in [0.2, 0.25) is 5.91 Å². The molecule has 0 aromatic heterocycles. The fourth-order valence-electron chi connectivity index (χ4n) is 2.72. The van der Waals surface area contributed by atoms with Gasteiger partial charge >= 0.3 is 0 Å². The monoisotopic (exact) mass is 367 g/mol. The van der Waals surface area contributed by atoms with Gasteiger partial charge in [0.1, 0.15) is 11.6 Å². The van der Waals surface area contributed by atoms with Crippen LogP contribution in [0.3, 0.4) is 0 Å². The molecule has 2 aromatic carbocycles. The number of Topliss-reactive ketones (excluding diaryl/α,β-unsaturated/α-hetero) is 1. The number of aliphatic imine (C=N–C) groups is 2. The molecule has 1 aliphatic rings. The molecule has 5 nitrogen and oxygen atoms in total. The summed E-state index contributed by atoms with van der Waals surface area (Å²) in [7, 11) is 0. The molecule has 0 atom stereocenters. The van der Waals surface area contributed by atoms with E-state index in [1.54, 1.807) is 12.1 Å². The molecule has 2 aromatic rings. The summed E-state index contributed by atoms with van der Waals surface area (Å²) in [4.78, 5) is 32.3. The summed E-state index contributed by atoms with van der Waals surface area (Å²) in [5, 5.41) is 3.30. The average molecular weight is 368 g/mol. The Labute approximate surface area is 156 Å². The molecule has 0 spiro atoms. The Morgan fingerprint density at radius 1 is 1.15 bits per heavy atom. The number of rotatable bonds is 3. The highest BCUT2D eigenvalue weighted by Crippen LogP contribution is 2.28. The summed E-state index contributed by atoms with van der Waals surface area (Å²) in [6, 6.07) is 15.2. The fourth-order valence-corrected chi connectivity index (χ4v) is 2.89. The topological polar surface area (TPSA) is 70.9 Å². The number of halogens is 1. The highest BCUT2D eigenvalue weighted by atomic mass is 35.5. The molecule has 3 rings (SSSR count). The number of fused-ring (bicyclic) bond motifs is 1. The van der Waals surface area contributed by atoms with Gasteiger partial charge in [0.15, 0.2) is 0 Å². The number of hydrogen-bond acceptors (Lipinski definition) is 4. The first-order valence-corrected chi connectivity index (χ1v) is 8.67. The lowest BCUT2D eigenvalue weighted by Gasteiger charge is -2.16. The van der Waals surface area contributed by atoms with Crippen LogP contribution in [0.15, 0.2) is 58.5 Å². The van der Waals surface area contributed by atoms with E-state index in [9.17, 15) is 9.59 Å².